The van der Waals surface area contributed by atoms with E-state index in [0.717, 1.165) is 5.56 Å². The highest BCUT2D eigenvalue weighted by atomic mass is 16.3. The van der Waals surface area contributed by atoms with Crippen molar-refractivity contribution in [1.82, 2.24) is 4.90 Å². The number of urea groups is 1. The minimum absolute atomic E-state index is 0.239. The van der Waals surface area contributed by atoms with Gasteiger partial charge in [-0.2, -0.15) is 5.26 Å². The molecule has 20 heavy (non-hydrogen) atoms. The molecule has 1 aromatic heterocycles. The summed E-state index contributed by atoms with van der Waals surface area (Å²) < 4.78 is 4.99. The van der Waals surface area contributed by atoms with Gasteiger partial charge in [0.25, 0.3) is 0 Å². The van der Waals surface area contributed by atoms with Crippen LogP contribution in [0.15, 0.2) is 47.3 Å². The maximum atomic E-state index is 12.2. The van der Waals surface area contributed by atoms with Gasteiger partial charge < -0.3 is 14.6 Å². The minimum atomic E-state index is -0.239. The zero-order chi connectivity index (χ0) is 14.4. The van der Waals surface area contributed by atoms with Crippen molar-refractivity contribution in [2.45, 2.75) is 13.5 Å². The molecule has 0 bridgehead atoms. The molecule has 5 nitrogen and oxygen atoms in total. The summed E-state index contributed by atoms with van der Waals surface area (Å²) in [6.07, 6.45) is 3.19. The molecule has 1 N–H and O–H groups in total. The Morgan fingerprint density at radius 3 is 2.85 bits per heavy atom. The molecule has 0 saturated carbocycles. The molecule has 2 amide bonds. The number of rotatable bonds is 4. The maximum Gasteiger partial charge on any atom is 0.322 e. The first-order chi connectivity index (χ1) is 9.74. The van der Waals surface area contributed by atoms with Gasteiger partial charge in [0.05, 0.1) is 30.3 Å². The third kappa shape index (κ3) is 3.18. The summed E-state index contributed by atoms with van der Waals surface area (Å²) in [6, 6.07) is 10.6. The van der Waals surface area contributed by atoms with Crippen molar-refractivity contribution >= 4 is 11.7 Å². The second-order valence-electron chi connectivity index (χ2n) is 4.23. The van der Waals surface area contributed by atoms with Crippen LogP contribution < -0.4 is 5.32 Å². The number of carbonyl (C=O) groups is 1. The van der Waals surface area contributed by atoms with Gasteiger partial charge in [0.15, 0.2) is 0 Å². The average molecular weight is 269 g/mol. The van der Waals surface area contributed by atoms with Crippen molar-refractivity contribution in [3.05, 3.63) is 54.0 Å². The van der Waals surface area contributed by atoms with Crippen molar-refractivity contribution in [2.75, 3.05) is 11.9 Å². The van der Waals surface area contributed by atoms with Gasteiger partial charge in [0.2, 0.25) is 0 Å². The molecular formula is C15H15N3O2. The molecule has 0 fully saturated rings. The second-order valence-corrected chi connectivity index (χ2v) is 4.23. The Morgan fingerprint density at radius 1 is 1.40 bits per heavy atom. The van der Waals surface area contributed by atoms with Crippen molar-refractivity contribution in [3.63, 3.8) is 0 Å². The fourth-order valence-corrected chi connectivity index (χ4v) is 1.81. The summed E-state index contributed by atoms with van der Waals surface area (Å²) in [5, 5.41) is 11.8. The standard InChI is InChI=1S/C15H15N3O2/c1-2-18(10-12-7-8-20-11-12)15(19)17-14-6-4-3-5-13(14)9-16/h3-8,11H,2,10H2,1H3,(H,17,19). The number of anilines is 1. The van der Waals surface area contributed by atoms with E-state index in [-0.39, 0.29) is 6.03 Å². The fourth-order valence-electron chi connectivity index (χ4n) is 1.81. The first-order valence-corrected chi connectivity index (χ1v) is 6.30. The third-order valence-electron chi connectivity index (χ3n) is 2.91. The lowest BCUT2D eigenvalue weighted by Gasteiger charge is -2.21. The van der Waals surface area contributed by atoms with Gasteiger partial charge in [0.1, 0.15) is 6.07 Å². The molecule has 0 atom stereocenters. The molecule has 0 aliphatic heterocycles. The summed E-state index contributed by atoms with van der Waals surface area (Å²) in [6.45, 7) is 2.93. The quantitative estimate of drug-likeness (QED) is 0.926. The Balaban J connectivity index is 2.08. The number of hydrogen-bond acceptors (Lipinski definition) is 3. The molecular weight excluding hydrogens is 254 g/mol. The Labute approximate surface area is 117 Å². The molecule has 1 aromatic carbocycles. The number of furan rings is 1. The number of nitrogens with one attached hydrogen (secondary N) is 1. The van der Waals surface area contributed by atoms with E-state index in [1.54, 1.807) is 41.7 Å². The predicted octanol–water partition coefficient (Wildman–Crippen LogP) is 3.21. The monoisotopic (exact) mass is 269 g/mol. The van der Waals surface area contributed by atoms with Gasteiger partial charge in [-0.15, -0.1) is 0 Å². The topological polar surface area (TPSA) is 69.3 Å². The summed E-state index contributed by atoms with van der Waals surface area (Å²) in [5.41, 5.74) is 1.89. The number of nitrogens with zero attached hydrogens (tertiary/aromatic N) is 2. The maximum absolute atomic E-state index is 12.2. The lowest BCUT2D eigenvalue weighted by molar-refractivity contribution is 0.212. The molecule has 0 aliphatic carbocycles. The van der Waals surface area contributed by atoms with Gasteiger partial charge in [-0.3, -0.25) is 0 Å². The van der Waals surface area contributed by atoms with E-state index in [0.29, 0.717) is 24.3 Å². The molecule has 2 rings (SSSR count). The molecule has 2 aromatic rings. The molecule has 102 valence electrons. The van der Waals surface area contributed by atoms with Crippen LogP contribution in [0.4, 0.5) is 10.5 Å². The zero-order valence-electron chi connectivity index (χ0n) is 11.2. The SMILES string of the molecule is CCN(Cc1ccoc1)C(=O)Nc1ccccc1C#N. The van der Waals surface area contributed by atoms with E-state index in [1.807, 2.05) is 13.0 Å². The van der Waals surface area contributed by atoms with E-state index in [2.05, 4.69) is 11.4 Å². The summed E-state index contributed by atoms with van der Waals surface area (Å²) in [4.78, 5) is 13.9. The van der Waals surface area contributed by atoms with Crippen LogP contribution in [0, 0.1) is 11.3 Å². The normalized spacial score (nSPS) is 9.80. The lowest BCUT2D eigenvalue weighted by Crippen LogP contribution is -2.34. The van der Waals surface area contributed by atoms with Crippen LogP contribution in [0.3, 0.4) is 0 Å². The molecule has 0 spiro atoms. The van der Waals surface area contributed by atoms with Gasteiger partial charge in [0, 0.05) is 12.1 Å². The molecule has 0 radical (unpaired) electrons. The minimum Gasteiger partial charge on any atom is -0.472 e. The summed E-state index contributed by atoms with van der Waals surface area (Å²) in [7, 11) is 0. The van der Waals surface area contributed by atoms with Crippen molar-refractivity contribution in [1.29, 1.82) is 5.26 Å². The van der Waals surface area contributed by atoms with E-state index >= 15 is 0 Å². The molecule has 5 heteroatoms. The number of nitriles is 1. The number of amides is 2. The fraction of sp³-hybridized carbons (Fsp3) is 0.200. The van der Waals surface area contributed by atoms with Crippen molar-refractivity contribution in [2.24, 2.45) is 0 Å². The van der Waals surface area contributed by atoms with Gasteiger partial charge in [-0.1, -0.05) is 12.1 Å². The van der Waals surface area contributed by atoms with E-state index < -0.39 is 0 Å². The van der Waals surface area contributed by atoms with Gasteiger partial charge in [-0.25, -0.2) is 4.79 Å². The van der Waals surface area contributed by atoms with E-state index in [1.165, 1.54) is 0 Å². The third-order valence-corrected chi connectivity index (χ3v) is 2.91. The molecule has 0 unspecified atom stereocenters. The lowest BCUT2D eigenvalue weighted by atomic mass is 10.2. The Hall–Kier alpha value is -2.74. The second kappa shape index (κ2) is 6.43. The van der Waals surface area contributed by atoms with Crippen LogP contribution >= 0.6 is 0 Å². The van der Waals surface area contributed by atoms with Crippen LogP contribution in [0.25, 0.3) is 0 Å². The number of hydrogen-bond donors (Lipinski definition) is 1. The Bertz CT molecular complexity index is 614. The molecule has 0 aliphatic rings. The van der Waals surface area contributed by atoms with E-state index in [4.69, 9.17) is 9.68 Å². The van der Waals surface area contributed by atoms with Gasteiger partial charge in [-0.05, 0) is 25.1 Å². The van der Waals surface area contributed by atoms with Crippen LogP contribution in [0.1, 0.15) is 18.1 Å². The van der Waals surface area contributed by atoms with Crippen molar-refractivity contribution < 1.29 is 9.21 Å². The van der Waals surface area contributed by atoms with E-state index in [9.17, 15) is 4.79 Å². The highest BCUT2D eigenvalue weighted by Gasteiger charge is 2.14. The molecule has 1 heterocycles. The number of benzene rings is 1. The first kappa shape index (κ1) is 13.7. The summed E-state index contributed by atoms with van der Waals surface area (Å²) in [5.74, 6) is 0. The zero-order valence-corrected chi connectivity index (χ0v) is 11.2. The number of para-hydroxylation sites is 1. The first-order valence-electron chi connectivity index (χ1n) is 6.30. The highest BCUT2D eigenvalue weighted by molar-refractivity contribution is 5.90. The smallest absolute Gasteiger partial charge is 0.322 e. The Kier molecular flexibility index (Phi) is 4.40. The molecule has 0 saturated heterocycles. The Morgan fingerprint density at radius 2 is 2.20 bits per heavy atom. The largest absolute Gasteiger partial charge is 0.472 e. The van der Waals surface area contributed by atoms with Crippen LogP contribution in [-0.4, -0.2) is 17.5 Å². The highest BCUT2D eigenvalue weighted by Crippen LogP contribution is 2.15. The average Bonchev–Trinajstić information content (AvgIpc) is 2.98. The van der Waals surface area contributed by atoms with Crippen LogP contribution in [0.2, 0.25) is 0 Å². The summed E-state index contributed by atoms with van der Waals surface area (Å²) >= 11 is 0. The van der Waals surface area contributed by atoms with Crippen LogP contribution in [-0.2, 0) is 6.54 Å². The van der Waals surface area contributed by atoms with Gasteiger partial charge >= 0.3 is 6.03 Å². The van der Waals surface area contributed by atoms with Crippen LogP contribution in [0.5, 0.6) is 0 Å². The van der Waals surface area contributed by atoms with Crippen molar-refractivity contribution in [3.8, 4) is 6.07 Å². The number of carbonyl (C=O) groups excluding carboxylic acids is 1. The predicted molar refractivity (Wildman–Crippen MR) is 75.0 cm³/mol.